The van der Waals surface area contributed by atoms with Gasteiger partial charge >= 0.3 is 0 Å². The Labute approximate surface area is 183 Å². The maximum absolute atomic E-state index is 6.39. The molecule has 0 unspecified atom stereocenters. The van der Waals surface area contributed by atoms with E-state index < -0.39 is 0 Å². The quantitative estimate of drug-likeness (QED) is 0.348. The predicted octanol–water partition coefficient (Wildman–Crippen LogP) is 3.31. The summed E-state index contributed by atoms with van der Waals surface area (Å²) in [5, 5.41) is 21.6. The Morgan fingerprint density at radius 3 is 2.90 bits per heavy atom. The zero-order valence-corrected chi connectivity index (χ0v) is 17.6. The van der Waals surface area contributed by atoms with Crippen molar-refractivity contribution in [2.75, 3.05) is 11.9 Å². The lowest BCUT2D eigenvalue weighted by atomic mass is 10.1. The lowest BCUT2D eigenvalue weighted by Gasteiger charge is -2.14. The number of hydrogen-bond acceptors (Lipinski definition) is 7. The first-order valence-corrected chi connectivity index (χ1v) is 10.9. The highest BCUT2D eigenvalue weighted by Gasteiger charge is 2.12. The van der Waals surface area contributed by atoms with Gasteiger partial charge in [0.2, 0.25) is 5.13 Å². The number of nitrogens with zero attached hydrogens (tertiary/aromatic N) is 5. The standard InChI is InChI=1S/C22H22N8S/c23-18(9-19-12-24-14-30(19)13-15-4-2-1-3-5-15)11-25-22-29-28-21(31-22)16-6-7-20-17(8-16)10-26-27-20/h1-8,10,12,14,18H,9,11,13,23H2,(H,25,29)(H,26,27)/t18-/m1/s1. The highest BCUT2D eigenvalue weighted by molar-refractivity contribution is 7.18. The largest absolute Gasteiger partial charge is 0.359 e. The summed E-state index contributed by atoms with van der Waals surface area (Å²) >= 11 is 1.51. The molecule has 9 heteroatoms. The Hall–Kier alpha value is -3.56. The zero-order valence-electron chi connectivity index (χ0n) is 16.8. The van der Waals surface area contributed by atoms with E-state index >= 15 is 0 Å². The van der Waals surface area contributed by atoms with Crippen LogP contribution in [0.4, 0.5) is 5.13 Å². The number of fused-ring (bicyclic) bond motifs is 1. The molecule has 8 nitrogen and oxygen atoms in total. The third-order valence-corrected chi connectivity index (χ3v) is 6.02. The van der Waals surface area contributed by atoms with Crippen molar-refractivity contribution in [1.82, 2.24) is 29.9 Å². The topological polar surface area (TPSA) is 110 Å². The molecule has 0 aliphatic rings. The van der Waals surface area contributed by atoms with Gasteiger partial charge in [0.25, 0.3) is 0 Å². The fraction of sp³-hybridized carbons (Fsp3) is 0.182. The summed E-state index contributed by atoms with van der Waals surface area (Å²) in [5.41, 5.74) is 10.8. The van der Waals surface area contributed by atoms with Crippen LogP contribution in [0.3, 0.4) is 0 Å². The molecule has 4 N–H and O–H groups in total. The van der Waals surface area contributed by atoms with Crippen LogP contribution in [0.2, 0.25) is 0 Å². The summed E-state index contributed by atoms with van der Waals surface area (Å²) in [5.74, 6) is 0. The van der Waals surface area contributed by atoms with Gasteiger partial charge in [0.15, 0.2) is 0 Å². The minimum absolute atomic E-state index is 0.0687. The van der Waals surface area contributed by atoms with Crippen LogP contribution < -0.4 is 11.1 Å². The Kier molecular flexibility index (Phi) is 5.42. The van der Waals surface area contributed by atoms with Crippen LogP contribution in [0.1, 0.15) is 11.3 Å². The van der Waals surface area contributed by atoms with Gasteiger partial charge in [-0.15, -0.1) is 10.2 Å². The lowest BCUT2D eigenvalue weighted by molar-refractivity contribution is 0.645. The van der Waals surface area contributed by atoms with Crippen LogP contribution in [0.5, 0.6) is 0 Å². The van der Waals surface area contributed by atoms with Gasteiger partial charge in [-0.2, -0.15) is 5.10 Å². The summed E-state index contributed by atoms with van der Waals surface area (Å²) in [6.07, 6.45) is 6.28. The molecular weight excluding hydrogens is 408 g/mol. The average molecular weight is 431 g/mol. The first kappa shape index (κ1) is 19.4. The van der Waals surface area contributed by atoms with E-state index in [1.165, 1.54) is 16.9 Å². The minimum atomic E-state index is -0.0687. The molecule has 3 aromatic heterocycles. The second kappa shape index (κ2) is 8.66. The van der Waals surface area contributed by atoms with Gasteiger partial charge in [-0.1, -0.05) is 41.7 Å². The number of imidazole rings is 1. The predicted molar refractivity (Wildman–Crippen MR) is 123 cm³/mol. The SMILES string of the molecule is N[C@@H](CNc1nnc(-c2ccc3[nH]ncc3c2)s1)Cc1cncn1Cc1ccccc1. The van der Waals surface area contributed by atoms with E-state index in [1.54, 1.807) is 6.20 Å². The van der Waals surface area contributed by atoms with Crippen molar-refractivity contribution in [2.45, 2.75) is 19.0 Å². The molecule has 0 saturated heterocycles. The van der Waals surface area contributed by atoms with E-state index in [1.807, 2.05) is 42.9 Å². The van der Waals surface area contributed by atoms with E-state index in [0.717, 1.165) is 45.3 Å². The van der Waals surface area contributed by atoms with Gasteiger partial charge in [0, 0.05) is 48.4 Å². The molecule has 3 heterocycles. The van der Waals surface area contributed by atoms with E-state index in [0.29, 0.717) is 6.54 Å². The maximum Gasteiger partial charge on any atom is 0.206 e. The lowest BCUT2D eigenvalue weighted by Crippen LogP contribution is -2.32. The molecule has 5 aromatic rings. The number of aromatic amines is 1. The van der Waals surface area contributed by atoms with Crippen molar-refractivity contribution < 1.29 is 0 Å². The van der Waals surface area contributed by atoms with Gasteiger partial charge in [-0.3, -0.25) is 5.10 Å². The third kappa shape index (κ3) is 4.47. The van der Waals surface area contributed by atoms with E-state index in [9.17, 15) is 0 Å². The minimum Gasteiger partial charge on any atom is -0.359 e. The van der Waals surface area contributed by atoms with Crippen LogP contribution in [-0.4, -0.2) is 42.5 Å². The molecule has 0 radical (unpaired) electrons. The summed E-state index contributed by atoms with van der Waals surface area (Å²) in [6, 6.07) is 16.4. The summed E-state index contributed by atoms with van der Waals surface area (Å²) in [6.45, 7) is 1.39. The number of hydrogen-bond donors (Lipinski definition) is 3. The number of anilines is 1. The highest BCUT2D eigenvalue weighted by atomic mass is 32.1. The highest BCUT2D eigenvalue weighted by Crippen LogP contribution is 2.28. The Bertz CT molecular complexity index is 1270. The first-order chi connectivity index (χ1) is 15.2. The molecule has 31 heavy (non-hydrogen) atoms. The molecule has 0 bridgehead atoms. The van der Waals surface area contributed by atoms with Crippen molar-refractivity contribution >= 4 is 27.4 Å². The Morgan fingerprint density at radius 2 is 2.00 bits per heavy atom. The van der Waals surface area contributed by atoms with Crippen LogP contribution in [0.25, 0.3) is 21.5 Å². The van der Waals surface area contributed by atoms with E-state index in [-0.39, 0.29) is 6.04 Å². The van der Waals surface area contributed by atoms with Crippen LogP contribution in [0.15, 0.2) is 67.3 Å². The monoisotopic (exact) mass is 430 g/mol. The van der Waals surface area contributed by atoms with Crippen LogP contribution >= 0.6 is 11.3 Å². The summed E-state index contributed by atoms with van der Waals surface area (Å²) in [7, 11) is 0. The molecule has 0 aliphatic carbocycles. The molecular formula is C22H22N8S. The zero-order chi connectivity index (χ0) is 21.0. The van der Waals surface area contributed by atoms with Gasteiger partial charge in [-0.05, 0) is 23.8 Å². The fourth-order valence-electron chi connectivity index (χ4n) is 3.49. The molecule has 0 saturated carbocycles. The molecule has 0 spiro atoms. The van der Waals surface area contributed by atoms with Gasteiger partial charge in [0.05, 0.1) is 18.0 Å². The maximum atomic E-state index is 6.39. The molecule has 0 fully saturated rings. The van der Waals surface area contributed by atoms with Crippen LogP contribution in [-0.2, 0) is 13.0 Å². The van der Waals surface area contributed by atoms with Crippen LogP contribution in [0, 0.1) is 0 Å². The van der Waals surface area contributed by atoms with Gasteiger partial charge in [0.1, 0.15) is 5.01 Å². The van der Waals surface area contributed by atoms with E-state index in [2.05, 4.69) is 53.5 Å². The molecule has 156 valence electrons. The van der Waals surface area contributed by atoms with E-state index in [4.69, 9.17) is 5.73 Å². The average Bonchev–Trinajstić information content (AvgIpc) is 3.54. The number of nitrogens with two attached hydrogens (primary N) is 1. The number of rotatable bonds is 8. The second-order valence-corrected chi connectivity index (χ2v) is 8.41. The molecule has 0 aliphatic heterocycles. The molecule has 5 rings (SSSR count). The first-order valence-electron chi connectivity index (χ1n) is 10.0. The van der Waals surface area contributed by atoms with Gasteiger partial charge in [-0.25, -0.2) is 4.98 Å². The van der Waals surface area contributed by atoms with Crippen molar-refractivity contribution in [3.8, 4) is 10.6 Å². The second-order valence-electron chi connectivity index (χ2n) is 7.43. The van der Waals surface area contributed by atoms with Gasteiger partial charge < -0.3 is 15.6 Å². The molecule has 1 atom stereocenters. The van der Waals surface area contributed by atoms with Crippen molar-refractivity contribution in [1.29, 1.82) is 0 Å². The third-order valence-electron chi connectivity index (χ3n) is 5.09. The number of nitrogens with one attached hydrogen (secondary N) is 2. The normalized spacial score (nSPS) is 12.3. The Morgan fingerprint density at radius 1 is 1.10 bits per heavy atom. The summed E-state index contributed by atoms with van der Waals surface area (Å²) < 4.78 is 2.14. The van der Waals surface area contributed by atoms with Crippen molar-refractivity contribution in [3.63, 3.8) is 0 Å². The number of benzene rings is 2. The summed E-state index contributed by atoms with van der Waals surface area (Å²) in [4.78, 5) is 4.30. The smallest absolute Gasteiger partial charge is 0.206 e. The molecule has 2 aromatic carbocycles. The Balaban J connectivity index is 1.19. The fourth-order valence-corrected chi connectivity index (χ4v) is 4.23. The van der Waals surface area contributed by atoms with Crippen molar-refractivity contribution in [3.05, 3.63) is 78.5 Å². The number of aromatic nitrogens is 6. The van der Waals surface area contributed by atoms with Crippen molar-refractivity contribution in [2.24, 2.45) is 5.73 Å². The molecule has 0 amide bonds. The number of H-pyrrole nitrogens is 1.